The molecule has 1 saturated heterocycles. The van der Waals surface area contributed by atoms with Gasteiger partial charge in [0.15, 0.2) is 0 Å². The lowest BCUT2D eigenvalue weighted by Gasteiger charge is -2.28. The highest BCUT2D eigenvalue weighted by Crippen LogP contribution is 2.17. The molecular weight excluding hydrogens is 524 g/mol. The van der Waals surface area contributed by atoms with Crippen molar-refractivity contribution in [1.29, 1.82) is 0 Å². The number of carbonyl (C=O) groups excluding carboxylic acids is 2. The van der Waals surface area contributed by atoms with Crippen molar-refractivity contribution in [2.45, 2.75) is 174 Å². The van der Waals surface area contributed by atoms with E-state index in [1.165, 1.54) is 116 Å². The maximum Gasteiger partial charge on any atom is 0.307 e. The molecule has 1 aliphatic rings. The van der Waals surface area contributed by atoms with Crippen molar-refractivity contribution in [3.05, 3.63) is 0 Å². The fraction of sp³-hybridized carbons (Fsp3) is 0.944. The summed E-state index contributed by atoms with van der Waals surface area (Å²) in [5, 5.41) is 0. The summed E-state index contributed by atoms with van der Waals surface area (Å²) in [5.41, 5.74) is 0. The van der Waals surface area contributed by atoms with E-state index in [2.05, 4.69) is 30.7 Å². The van der Waals surface area contributed by atoms with E-state index in [0.717, 1.165) is 38.8 Å². The average Bonchev–Trinajstić information content (AvgIpc) is 3.39. The minimum atomic E-state index is -0.112. The van der Waals surface area contributed by atoms with Gasteiger partial charge in [0.05, 0.1) is 26.1 Å². The highest BCUT2D eigenvalue weighted by Gasteiger charge is 2.24. The minimum Gasteiger partial charge on any atom is -0.466 e. The lowest BCUT2D eigenvalue weighted by atomic mass is 10.1. The number of nitrogens with zero attached hydrogens (tertiary/aromatic N) is 2. The molecule has 0 aliphatic carbocycles. The number of hydrogen-bond acceptors (Lipinski definition) is 6. The molecule has 1 heterocycles. The zero-order valence-corrected chi connectivity index (χ0v) is 28.3. The van der Waals surface area contributed by atoms with E-state index in [1.54, 1.807) is 0 Å². The molecule has 0 saturated carbocycles. The van der Waals surface area contributed by atoms with E-state index in [0.29, 0.717) is 45.2 Å². The number of hydrogen-bond donors (Lipinski definition) is 0. The number of likely N-dealkylation sites (tertiary alicyclic amines) is 1. The minimum absolute atomic E-state index is 0.112. The fourth-order valence-corrected chi connectivity index (χ4v) is 6.00. The number of likely N-dealkylation sites (N-methyl/N-ethyl adjacent to an activating group) is 1. The molecule has 0 aromatic rings. The van der Waals surface area contributed by atoms with Crippen LogP contribution in [0.2, 0.25) is 0 Å². The van der Waals surface area contributed by atoms with Gasteiger partial charge in [-0.2, -0.15) is 0 Å². The van der Waals surface area contributed by atoms with E-state index in [-0.39, 0.29) is 11.9 Å². The molecule has 0 bridgehead atoms. The van der Waals surface area contributed by atoms with Crippen LogP contribution >= 0.6 is 0 Å². The highest BCUT2D eigenvalue weighted by molar-refractivity contribution is 5.70. The second-order valence-electron chi connectivity index (χ2n) is 12.9. The van der Waals surface area contributed by atoms with Crippen LogP contribution in [0.1, 0.15) is 168 Å². The summed E-state index contributed by atoms with van der Waals surface area (Å²) in [5.74, 6) is -0.224. The van der Waals surface area contributed by atoms with Gasteiger partial charge < -0.3 is 19.3 Å². The summed E-state index contributed by atoms with van der Waals surface area (Å²) in [6.07, 6.45) is 28.7. The molecule has 6 heteroatoms. The summed E-state index contributed by atoms with van der Waals surface area (Å²) in [6.45, 7) is 8.90. The number of ether oxygens (including phenoxy) is 2. The Morgan fingerprint density at radius 3 is 1.36 bits per heavy atom. The predicted octanol–water partition coefficient (Wildman–Crippen LogP) is 9.09. The summed E-state index contributed by atoms with van der Waals surface area (Å²) < 4.78 is 11.1. The SMILES string of the molecule is CCCCCCCCCCCCOC(=O)CCN(CCC(=O)OCCCCCCCCCCCC)CC1CCCN1C. The van der Waals surface area contributed by atoms with Gasteiger partial charge in [-0.05, 0) is 39.3 Å². The first-order valence-electron chi connectivity index (χ1n) is 18.3. The molecule has 6 nitrogen and oxygen atoms in total. The summed E-state index contributed by atoms with van der Waals surface area (Å²) >= 11 is 0. The van der Waals surface area contributed by atoms with Crippen molar-refractivity contribution >= 4 is 11.9 Å². The summed E-state index contributed by atoms with van der Waals surface area (Å²) in [7, 11) is 2.18. The molecule has 0 radical (unpaired) electrons. The van der Waals surface area contributed by atoms with E-state index in [4.69, 9.17) is 9.47 Å². The molecule has 1 unspecified atom stereocenters. The van der Waals surface area contributed by atoms with Crippen molar-refractivity contribution in [2.24, 2.45) is 0 Å². The summed E-state index contributed by atoms with van der Waals surface area (Å²) in [6, 6.07) is 0.496. The molecule has 0 aromatic carbocycles. The van der Waals surface area contributed by atoms with Gasteiger partial charge in [-0.1, -0.05) is 129 Å². The Morgan fingerprint density at radius 2 is 1.00 bits per heavy atom. The maximum absolute atomic E-state index is 12.4. The molecule has 248 valence electrons. The molecule has 42 heavy (non-hydrogen) atoms. The van der Waals surface area contributed by atoms with Crippen molar-refractivity contribution in [3.63, 3.8) is 0 Å². The topological polar surface area (TPSA) is 59.1 Å². The molecule has 0 spiro atoms. The van der Waals surface area contributed by atoms with Gasteiger partial charge in [-0.3, -0.25) is 9.59 Å². The third-order valence-electron chi connectivity index (χ3n) is 8.93. The maximum atomic E-state index is 12.4. The van der Waals surface area contributed by atoms with Gasteiger partial charge >= 0.3 is 11.9 Å². The number of unbranched alkanes of at least 4 members (excludes halogenated alkanes) is 18. The van der Waals surface area contributed by atoms with Gasteiger partial charge in [0.25, 0.3) is 0 Å². The second kappa shape index (κ2) is 28.6. The Labute approximate surface area is 261 Å². The first-order chi connectivity index (χ1) is 20.6. The molecule has 1 fully saturated rings. The third-order valence-corrected chi connectivity index (χ3v) is 8.93. The number of carbonyl (C=O) groups is 2. The molecular formula is C36H70N2O4. The van der Waals surface area contributed by atoms with E-state index in [9.17, 15) is 9.59 Å². The van der Waals surface area contributed by atoms with E-state index >= 15 is 0 Å². The quantitative estimate of drug-likeness (QED) is 0.0611. The number of esters is 2. The van der Waals surface area contributed by atoms with Crippen LogP contribution < -0.4 is 0 Å². The van der Waals surface area contributed by atoms with E-state index < -0.39 is 0 Å². The molecule has 0 aromatic heterocycles. The lowest BCUT2D eigenvalue weighted by molar-refractivity contribution is -0.144. The van der Waals surface area contributed by atoms with Crippen molar-refractivity contribution < 1.29 is 19.1 Å². The Morgan fingerprint density at radius 1 is 0.619 bits per heavy atom. The second-order valence-corrected chi connectivity index (χ2v) is 12.9. The van der Waals surface area contributed by atoms with Crippen LogP contribution in [0.5, 0.6) is 0 Å². The van der Waals surface area contributed by atoms with Crippen LogP contribution in [0.3, 0.4) is 0 Å². The molecule has 0 amide bonds. The summed E-state index contributed by atoms with van der Waals surface area (Å²) in [4.78, 5) is 29.5. The zero-order chi connectivity index (χ0) is 30.5. The van der Waals surface area contributed by atoms with Crippen molar-refractivity contribution in [1.82, 2.24) is 9.80 Å². The highest BCUT2D eigenvalue weighted by atomic mass is 16.5. The standard InChI is InChI=1S/C36H70N2O4/c1-4-6-8-10-12-14-16-18-20-22-31-41-35(39)26-29-38(33-34-25-24-28-37(34)3)30-27-36(40)42-32-23-21-19-17-15-13-11-9-7-5-2/h34H,4-33H2,1-3H3. The van der Waals surface area contributed by atoms with Gasteiger partial charge in [0.2, 0.25) is 0 Å². The molecule has 1 atom stereocenters. The van der Waals surface area contributed by atoms with Crippen molar-refractivity contribution in [3.8, 4) is 0 Å². The average molecular weight is 595 g/mol. The van der Waals surface area contributed by atoms with Gasteiger partial charge in [-0.25, -0.2) is 0 Å². The molecule has 0 N–H and O–H groups in total. The van der Waals surface area contributed by atoms with Crippen LogP contribution in [0.15, 0.2) is 0 Å². The van der Waals surface area contributed by atoms with Crippen LogP contribution in [0, 0.1) is 0 Å². The Kier molecular flexibility index (Phi) is 26.5. The van der Waals surface area contributed by atoms with Gasteiger partial charge in [0.1, 0.15) is 0 Å². The monoisotopic (exact) mass is 595 g/mol. The van der Waals surface area contributed by atoms with Crippen LogP contribution in [-0.4, -0.2) is 74.2 Å². The Hall–Kier alpha value is -1.14. The lowest BCUT2D eigenvalue weighted by Crippen LogP contribution is -2.40. The Bertz CT molecular complexity index is 588. The molecule has 1 aliphatic heterocycles. The van der Waals surface area contributed by atoms with Crippen LogP contribution in [0.25, 0.3) is 0 Å². The van der Waals surface area contributed by atoms with Crippen molar-refractivity contribution in [2.75, 3.05) is 46.4 Å². The normalized spacial score (nSPS) is 15.5. The van der Waals surface area contributed by atoms with Crippen LogP contribution in [0.4, 0.5) is 0 Å². The largest absolute Gasteiger partial charge is 0.466 e. The van der Waals surface area contributed by atoms with Gasteiger partial charge in [-0.15, -0.1) is 0 Å². The third kappa shape index (κ3) is 23.3. The molecule has 1 rings (SSSR count). The predicted molar refractivity (Wildman–Crippen MR) is 177 cm³/mol. The first-order valence-corrected chi connectivity index (χ1v) is 18.3. The zero-order valence-electron chi connectivity index (χ0n) is 28.3. The Balaban J connectivity index is 2.15. The van der Waals surface area contributed by atoms with E-state index in [1.807, 2.05) is 0 Å². The fourth-order valence-electron chi connectivity index (χ4n) is 6.00. The number of rotatable bonds is 30. The smallest absolute Gasteiger partial charge is 0.307 e. The van der Waals surface area contributed by atoms with Crippen LogP contribution in [-0.2, 0) is 19.1 Å². The first kappa shape index (κ1) is 38.9. The van der Waals surface area contributed by atoms with Gasteiger partial charge in [0, 0.05) is 25.7 Å².